The Morgan fingerprint density at radius 3 is 2.41 bits per heavy atom. The van der Waals surface area contributed by atoms with E-state index >= 15 is 0 Å². The van der Waals surface area contributed by atoms with Gasteiger partial charge in [0.05, 0.1) is 0 Å². The van der Waals surface area contributed by atoms with Gasteiger partial charge in [-0.15, -0.1) is 0 Å². The Balaban J connectivity index is 1.81. The lowest BCUT2D eigenvalue weighted by atomic mass is 10.1. The number of hydrogen-bond donors (Lipinski definition) is 2. The van der Waals surface area contributed by atoms with E-state index in [2.05, 4.69) is 10.6 Å². The van der Waals surface area contributed by atoms with Crippen LogP contribution < -0.4 is 10.6 Å². The summed E-state index contributed by atoms with van der Waals surface area (Å²) in [6.07, 6.45) is 7.35. The quantitative estimate of drug-likeness (QED) is 0.579. The molecule has 3 heterocycles. The predicted octanol–water partition coefficient (Wildman–Crippen LogP) is -0.0607. The first-order valence-electron chi connectivity index (χ1n) is 9.82. The molecule has 2 N–H and O–H groups in total. The number of nitrogens with zero attached hydrogens (tertiary/aromatic N) is 2. The van der Waals surface area contributed by atoms with Gasteiger partial charge in [-0.3, -0.25) is 19.2 Å². The van der Waals surface area contributed by atoms with Gasteiger partial charge in [-0.05, 0) is 39.0 Å². The molecule has 148 valence electrons. The van der Waals surface area contributed by atoms with Crippen molar-refractivity contribution in [3.63, 3.8) is 0 Å². The van der Waals surface area contributed by atoms with Crippen LogP contribution in [0.1, 0.15) is 45.4 Å². The molecule has 0 radical (unpaired) electrons. The van der Waals surface area contributed by atoms with Gasteiger partial charge in [0.1, 0.15) is 18.1 Å². The number of rotatable bonds is 0. The van der Waals surface area contributed by atoms with E-state index in [1.54, 1.807) is 22.8 Å². The van der Waals surface area contributed by atoms with Crippen LogP contribution in [-0.4, -0.2) is 71.2 Å². The third-order valence-corrected chi connectivity index (χ3v) is 5.53. The van der Waals surface area contributed by atoms with E-state index in [-0.39, 0.29) is 23.6 Å². The van der Waals surface area contributed by atoms with E-state index < -0.39 is 18.1 Å². The van der Waals surface area contributed by atoms with Crippen LogP contribution in [0.15, 0.2) is 12.2 Å². The van der Waals surface area contributed by atoms with Crippen LogP contribution in [0, 0.1) is 0 Å². The van der Waals surface area contributed by atoms with Crippen LogP contribution in [0.2, 0.25) is 0 Å². The predicted molar refractivity (Wildman–Crippen MR) is 98.5 cm³/mol. The van der Waals surface area contributed by atoms with Crippen molar-refractivity contribution in [1.29, 1.82) is 0 Å². The number of fused-ring (bicyclic) bond motifs is 2. The highest BCUT2D eigenvalue weighted by Gasteiger charge is 2.42. The Morgan fingerprint density at radius 2 is 1.63 bits per heavy atom. The molecule has 4 amide bonds. The lowest BCUT2D eigenvalue weighted by Gasteiger charge is -2.31. The van der Waals surface area contributed by atoms with Crippen LogP contribution >= 0.6 is 0 Å². The fourth-order valence-electron chi connectivity index (χ4n) is 4.06. The number of nitrogens with one attached hydrogen (secondary N) is 2. The van der Waals surface area contributed by atoms with Crippen LogP contribution in [0.25, 0.3) is 0 Å². The second-order valence-corrected chi connectivity index (χ2v) is 7.42. The standard InChI is InChI=1S/C19H28N4O4/c1-13-17(25)20-10-4-2-3-9-16(24)22-11-6-8-15(22)19(27)23-12-5-7-14(23)18(26)21-13/h2,4,13-15H,3,5-12H2,1H3,(H,20,25)(H,21,26)/b4-2+/t13-,14-,15+/m0/s1. The minimum Gasteiger partial charge on any atom is -0.351 e. The molecule has 0 spiro atoms. The Morgan fingerprint density at radius 1 is 0.926 bits per heavy atom. The molecule has 0 bridgehead atoms. The van der Waals surface area contributed by atoms with Crippen LogP contribution in [-0.2, 0) is 19.2 Å². The van der Waals surface area contributed by atoms with Gasteiger partial charge in [-0.25, -0.2) is 0 Å². The van der Waals surface area contributed by atoms with Crippen molar-refractivity contribution in [1.82, 2.24) is 20.4 Å². The third-order valence-electron chi connectivity index (χ3n) is 5.53. The summed E-state index contributed by atoms with van der Waals surface area (Å²) in [7, 11) is 0. The van der Waals surface area contributed by atoms with E-state index in [1.807, 2.05) is 6.08 Å². The van der Waals surface area contributed by atoms with Gasteiger partial charge >= 0.3 is 0 Å². The molecule has 0 aromatic heterocycles. The van der Waals surface area contributed by atoms with Gasteiger partial charge in [0, 0.05) is 26.1 Å². The zero-order valence-corrected chi connectivity index (χ0v) is 15.8. The lowest BCUT2D eigenvalue weighted by Crippen LogP contribution is -2.55. The molecule has 3 atom stereocenters. The topological polar surface area (TPSA) is 98.8 Å². The fraction of sp³-hybridized carbons (Fsp3) is 0.684. The summed E-state index contributed by atoms with van der Waals surface area (Å²) >= 11 is 0. The SMILES string of the molecule is C[C@@H]1NC(=O)[C@@H]2CCCN2C(=O)[C@H]2CCCN2C(=O)CC/C=C/CNC1=O. The number of allylic oxidation sites excluding steroid dienone is 1. The highest BCUT2D eigenvalue weighted by molar-refractivity contribution is 5.94. The van der Waals surface area contributed by atoms with Gasteiger partial charge in [-0.1, -0.05) is 12.2 Å². The van der Waals surface area contributed by atoms with Crippen molar-refractivity contribution >= 4 is 23.6 Å². The molecule has 3 aliphatic heterocycles. The monoisotopic (exact) mass is 376 g/mol. The second kappa shape index (κ2) is 8.54. The molecule has 2 saturated heterocycles. The van der Waals surface area contributed by atoms with Gasteiger partial charge in [-0.2, -0.15) is 0 Å². The Kier molecular flexibility index (Phi) is 6.13. The summed E-state index contributed by atoms with van der Waals surface area (Å²) in [4.78, 5) is 53.7. The van der Waals surface area contributed by atoms with Crippen molar-refractivity contribution in [2.75, 3.05) is 19.6 Å². The molecule has 8 nitrogen and oxygen atoms in total. The third kappa shape index (κ3) is 4.31. The summed E-state index contributed by atoms with van der Waals surface area (Å²) in [5.74, 6) is -0.741. The summed E-state index contributed by atoms with van der Waals surface area (Å²) in [6.45, 7) is 3.10. The maximum atomic E-state index is 13.1. The normalized spacial score (nSPS) is 32.0. The van der Waals surface area contributed by atoms with Crippen molar-refractivity contribution in [2.24, 2.45) is 0 Å². The Labute approximate surface area is 159 Å². The van der Waals surface area contributed by atoms with Crippen LogP contribution in [0.3, 0.4) is 0 Å². The number of hydrogen-bond acceptors (Lipinski definition) is 4. The second-order valence-electron chi connectivity index (χ2n) is 7.42. The molecule has 3 aliphatic rings. The molecular weight excluding hydrogens is 348 g/mol. The average Bonchev–Trinajstić information content (AvgIpc) is 3.32. The fourth-order valence-corrected chi connectivity index (χ4v) is 4.06. The van der Waals surface area contributed by atoms with Crippen molar-refractivity contribution < 1.29 is 19.2 Å². The van der Waals surface area contributed by atoms with Gasteiger partial charge < -0.3 is 20.4 Å². The highest BCUT2D eigenvalue weighted by Crippen LogP contribution is 2.25. The zero-order valence-electron chi connectivity index (χ0n) is 15.8. The van der Waals surface area contributed by atoms with E-state index in [0.29, 0.717) is 45.3 Å². The smallest absolute Gasteiger partial charge is 0.246 e. The van der Waals surface area contributed by atoms with Crippen molar-refractivity contribution in [3.05, 3.63) is 12.2 Å². The molecule has 0 aromatic rings. The van der Waals surface area contributed by atoms with E-state index in [9.17, 15) is 19.2 Å². The van der Waals surface area contributed by atoms with Gasteiger partial charge in [0.2, 0.25) is 23.6 Å². The molecule has 27 heavy (non-hydrogen) atoms. The molecule has 3 rings (SSSR count). The Bertz CT molecular complexity index is 648. The minimum absolute atomic E-state index is 0.0274. The van der Waals surface area contributed by atoms with Crippen molar-refractivity contribution in [3.8, 4) is 0 Å². The van der Waals surface area contributed by atoms with Gasteiger partial charge in [0.25, 0.3) is 0 Å². The maximum Gasteiger partial charge on any atom is 0.246 e. The van der Waals surface area contributed by atoms with E-state index in [4.69, 9.17) is 0 Å². The van der Waals surface area contributed by atoms with E-state index in [1.165, 1.54) is 0 Å². The maximum absolute atomic E-state index is 13.1. The lowest BCUT2D eigenvalue weighted by molar-refractivity contribution is -0.146. The van der Waals surface area contributed by atoms with E-state index in [0.717, 1.165) is 12.8 Å². The molecule has 0 aromatic carbocycles. The molecule has 0 unspecified atom stereocenters. The molecular formula is C19H28N4O4. The summed E-state index contributed by atoms with van der Waals surface area (Å²) in [6, 6.07) is -1.71. The average molecular weight is 376 g/mol. The number of carbonyl (C=O) groups is 4. The van der Waals surface area contributed by atoms with Crippen LogP contribution in [0.5, 0.6) is 0 Å². The highest BCUT2D eigenvalue weighted by atomic mass is 16.2. The minimum atomic E-state index is -0.666. The van der Waals surface area contributed by atoms with Crippen molar-refractivity contribution in [2.45, 2.75) is 63.6 Å². The first kappa shape index (κ1) is 19.4. The largest absolute Gasteiger partial charge is 0.351 e. The molecule has 0 saturated carbocycles. The van der Waals surface area contributed by atoms with Gasteiger partial charge in [0.15, 0.2) is 0 Å². The molecule has 0 aliphatic carbocycles. The number of amides is 4. The first-order chi connectivity index (χ1) is 13.0. The summed E-state index contributed by atoms with van der Waals surface area (Å²) < 4.78 is 0. The molecule has 8 heteroatoms. The first-order valence-corrected chi connectivity index (χ1v) is 9.82. The summed E-state index contributed by atoms with van der Waals surface area (Å²) in [5, 5.41) is 5.46. The zero-order chi connectivity index (χ0) is 19.4. The summed E-state index contributed by atoms with van der Waals surface area (Å²) in [5.41, 5.74) is 0. The number of carbonyl (C=O) groups excluding carboxylic acids is 4. The Hall–Kier alpha value is -2.38. The van der Waals surface area contributed by atoms with Crippen LogP contribution in [0.4, 0.5) is 0 Å². The molecule has 2 fully saturated rings.